The van der Waals surface area contributed by atoms with Crippen molar-refractivity contribution in [2.45, 2.75) is 45.6 Å². The Morgan fingerprint density at radius 1 is 1.39 bits per heavy atom. The van der Waals surface area contributed by atoms with E-state index >= 15 is 0 Å². The SMILES string of the molecule is CC(C)CC(CN(C)C)NC(=O)N1C[C@@H]2CCC[C@@]2(C(=O)O)C1. The van der Waals surface area contributed by atoms with Crippen molar-refractivity contribution >= 4 is 12.0 Å². The minimum absolute atomic E-state index is 0.0960. The highest BCUT2D eigenvalue weighted by molar-refractivity contribution is 5.80. The Bertz CT molecular complexity index is 442. The number of likely N-dealkylation sites (tertiary alicyclic amines) is 1. The maximum Gasteiger partial charge on any atom is 0.317 e. The molecule has 1 heterocycles. The zero-order valence-corrected chi connectivity index (χ0v) is 14.8. The van der Waals surface area contributed by atoms with Crippen LogP contribution in [0.25, 0.3) is 0 Å². The van der Waals surface area contributed by atoms with Gasteiger partial charge in [0.1, 0.15) is 0 Å². The molecule has 6 heteroatoms. The molecule has 1 aliphatic heterocycles. The molecule has 2 N–H and O–H groups in total. The van der Waals surface area contributed by atoms with Gasteiger partial charge in [-0.15, -0.1) is 0 Å². The van der Waals surface area contributed by atoms with E-state index in [1.807, 2.05) is 14.1 Å². The Balaban J connectivity index is 1.99. The van der Waals surface area contributed by atoms with Gasteiger partial charge in [0.2, 0.25) is 0 Å². The molecule has 0 spiro atoms. The lowest BCUT2D eigenvalue weighted by molar-refractivity contribution is -0.149. The number of likely N-dealkylation sites (N-methyl/N-ethyl adjacent to an activating group) is 1. The number of urea groups is 1. The summed E-state index contributed by atoms with van der Waals surface area (Å²) >= 11 is 0. The maximum atomic E-state index is 12.6. The van der Waals surface area contributed by atoms with Gasteiger partial charge >= 0.3 is 12.0 Å². The Hall–Kier alpha value is -1.30. The third-order valence-corrected chi connectivity index (χ3v) is 5.25. The molecule has 23 heavy (non-hydrogen) atoms. The van der Waals surface area contributed by atoms with Crippen molar-refractivity contribution in [2.24, 2.45) is 17.3 Å². The van der Waals surface area contributed by atoms with Crippen LogP contribution in [0.15, 0.2) is 0 Å². The zero-order chi connectivity index (χ0) is 17.2. The average Bonchev–Trinajstić information content (AvgIpc) is 2.93. The monoisotopic (exact) mass is 325 g/mol. The number of carbonyl (C=O) groups is 2. The van der Waals surface area contributed by atoms with Crippen LogP contribution < -0.4 is 5.32 Å². The summed E-state index contributed by atoms with van der Waals surface area (Å²) in [6, 6.07) is -0.00811. The molecule has 1 unspecified atom stereocenters. The minimum atomic E-state index is -0.734. The smallest absolute Gasteiger partial charge is 0.317 e. The van der Waals surface area contributed by atoms with Crippen molar-refractivity contribution in [3.05, 3.63) is 0 Å². The molecular weight excluding hydrogens is 294 g/mol. The fraction of sp³-hybridized carbons (Fsp3) is 0.882. The summed E-state index contributed by atoms with van der Waals surface area (Å²) in [5.41, 5.74) is -0.702. The largest absolute Gasteiger partial charge is 0.481 e. The third kappa shape index (κ3) is 3.97. The van der Waals surface area contributed by atoms with E-state index in [0.29, 0.717) is 25.4 Å². The molecule has 0 radical (unpaired) electrons. The van der Waals surface area contributed by atoms with Gasteiger partial charge in [-0.3, -0.25) is 4.79 Å². The topological polar surface area (TPSA) is 72.9 Å². The van der Waals surface area contributed by atoms with Crippen molar-refractivity contribution in [2.75, 3.05) is 33.7 Å². The molecule has 2 amide bonds. The lowest BCUT2D eigenvalue weighted by Crippen LogP contribution is -2.49. The van der Waals surface area contributed by atoms with E-state index in [9.17, 15) is 14.7 Å². The van der Waals surface area contributed by atoms with Gasteiger partial charge in [-0.05, 0) is 45.2 Å². The zero-order valence-electron chi connectivity index (χ0n) is 14.8. The van der Waals surface area contributed by atoms with Gasteiger partial charge in [0, 0.05) is 25.7 Å². The highest BCUT2D eigenvalue weighted by Crippen LogP contribution is 2.48. The minimum Gasteiger partial charge on any atom is -0.481 e. The number of nitrogens with one attached hydrogen (secondary N) is 1. The van der Waals surface area contributed by atoms with E-state index in [1.54, 1.807) is 4.90 Å². The number of hydrogen-bond acceptors (Lipinski definition) is 3. The van der Waals surface area contributed by atoms with E-state index in [1.165, 1.54) is 0 Å². The van der Waals surface area contributed by atoms with Gasteiger partial charge in [-0.1, -0.05) is 20.3 Å². The first-order chi connectivity index (χ1) is 10.7. The number of carboxylic acids is 1. The number of nitrogens with zero attached hydrogens (tertiary/aromatic N) is 2. The predicted molar refractivity (Wildman–Crippen MR) is 89.3 cm³/mol. The van der Waals surface area contributed by atoms with E-state index in [2.05, 4.69) is 24.1 Å². The average molecular weight is 325 g/mol. The highest BCUT2D eigenvalue weighted by atomic mass is 16.4. The lowest BCUT2D eigenvalue weighted by atomic mass is 9.81. The first-order valence-corrected chi connectivity index (χ1v) is 8.68. The summed E-state index contributed by atoms with van der Waals surface area (Å²) in [7, 11) is 4.00. The van der Waals surface area contributed by atoms with Gasteiger partial charge < -0.3 is 20.2 Å². The number of amides is 2. The van der Waals surface area contributed by atoms with Gasteiger partial charge in [0.05, 0.1) is 5.41 Å². The molecule has 2 rings (SSSR count). The van der Waals surface area contributed by atoms with Crippen LogP contribution in [0.2, 0.25) is 0 Å². The predicted octanol–water partition coefficient (Wildman–Crippen LogP) is 1.86. The van der Waals surface area contributed by atoms with E-state index in [4.69, 9.17) is 0 Å². The molecule has 1 saturated carbocycles. The standard InChI is InChI=1S/C17H31N3O3/c1-12(2)8-14(10-19(3)4)18-16(23)20-9-13-6-5-7-17(13,11-20)15(21)22/h12-14H,5-11H2,1-4H3,(H,18,23)(H,21,22)/t13-,14?,17+/m0/s1. The fourth-order valence-corrected chi connectivity index (χ4v) is 4.25. The number of aliphatic carboxylic acids is 1. The van der Waals surface area contributed by atoms with Crippen LogP contribution in [0.4, 0.5) is 4.79 Å². The second-order valence-corrected chi connectivity index (χ2v) is 7.97. The van der Waals surface area contributed by atoms with Crippen LogP contribution in [-0.2, 0) is 4.79 Å². The van der Waals surface area contributed by atoms with Crippen molar-refractivity contribution in [1.82, 2.24) is 15.1 Å². The normalized spacial score (nSPS) is 28.3. The lowest BCUT2D eigenvalue weighted by Gasteiger charge is -2.28. The van der Waals surface area contributed by atoms with Gasteiger partial charge in [-0.25, -0.2) is 4.79 Å². The number of rotatable bonds is 6. The molecule has 2 aliphatic rings. The summed E-state index contributed by atoms with van der Waals surface area (Å²) in [5.74, 6) is -0.117. The van der Waals surface area contributed by atoms with Crippen molar-refractivity contribution in [3.63, 3.8) is 0 Å². The molecule has 2 fully saturated rings. The molecule has 132 valence electrons. The van der Waals surface area contributed by atoms with Gasteiger partial charge in [0.15, 0.2) is 0 Å². The number of hydrogen-bond donors (Lipinski definition) is 2. The van der Waals surface area contributed by atoms with E-state index in [-0.39, 0.29) is 18.0 Å². The second kappa shape index (κ2) is 7.07. The molecule has 0 aromatic rings. The van der Waals surface area contributed by atoms with E-state index < -0.39 is 11.4 Å². The Morgan fingerprint density at radius 2 is 2.09 bits per heavy atom. The number of carboxylic acid groups (broad SMARTS) is 1. The summed E-state index contributed by atoms with van der Waals surface area (Å²) in [4.78, 5) is 28.1. The fourth-order valence-electron chi connectivity index (χ4n) is 4.25. The van der Waals surface area contributed by atoms with Crippen LogP contribution in [-0.4, -0.2) is 66.7 Å². The van der Waals surface area contributed by atoms with Crippen LogP contribution in [0.3, 0.4) is 0 Å². The molecule has 0 aromatic carbocycles. The Kier molecular flexibility index (Phi) is 5.55. The Labute approximate surface area is 139 Å². The van der Waals surface area contributed by atoms with Crippen molar-refractivity contribution < 1.29 is 14.7 Å². The van der Waals surface area contributed by atoms with Crippen LogP contribution >= 0.6 is 0 Å². The highest BCUT2D eigenvalue weighted by Gasteiger charge is 2.55. The molecule has 0 aromatic heterocycles. The number of fused-ring (bicyclic) bond motifs is 1. The molecule has 1 saturated heterocycles. The third-order valence-electron chi connectivity index (χ3n) is 5.25. The summed E-state index contributed by atoms with van der Waals surface area (Å²) in [5, 5.41) is 12.7. The molecular formula is C17H31N3O3. The molecule has 0 bridgehead atoms. The van der Waals surface area contributed by atoms with Crippen LogP contribution in [0.5, 0.6) is 0 Å². The summed E-state index contributed by atoms with van der Waals surface area (Å²) in [6.07, 6.45) is 3.50. The van der Waals surface area contributed by atoms with Gasteiger partial charge in [0.25, 0.3) is 0 Å². The number of carbonyl (C=O) groups excluding carboxylic acids is 1. The first kappa shape index (κ1) is 18.0. The van der Waals surface area contributed by atoms with Crippen molar-refractivity contribution in [3.8, 4) is 0 Å². The summed E-state index contributed by atoms with van der Waals surface area (Å²) in [6.45, 7) is 6.03. The van der Waals surface area contributed by atoms with Crippen molar-refractivity contribution in [1.29, 1.82) is 0 Å². The molecule has 6 nitrogen and oxygen atoms in total. The van der Waals surface area contributed by atoms with Crippen LogP contribution in [0, 0.1) is 17.3 Å². The quantitative estimate of drug-likeness (QED) is 0.782. The van der Waals surface area contributed by atoms with Crippen LogP contribution in [0.1, 0.15) is 39.5 Å². The Morgan fingerprint density at radius 3 is 2.61 bits per heavy atom. The molecule has 3 atom stereocenters. The first-order valence-electron chi connectivity index (χ1n) is 8.68. The second-order valence-electron chi connectivity index (χ2n) is 7.97. The summed E-state index contributed by atoms with van der Waals surface area (Å²) < 4.78 is 0. The van der Waals surface area contributed by atoms with Gasteiger partial charge in [-0.2, -0.15) is 0 Å². The maximum absolute atomic E-state index is 12.6. The molecule has 1 aliphatic carbocycles. The van der Waals surface area contributed by atoms with E-state index in [0.717, 1.165) is 25.8 Å².